The average molecular weight is 859 g/mol. The molecule has 0 amide bonds. The van der Waals surface area contributed by atoms with E-state index >= 15 is 0 Å². The number of rotatable bonds is 38. The van der Waals surface area contributed by atoms with Crippen molar-refractivity contribution < 1.29 is 56.8 Å². The average Bonchev–Trinajstić information content (AvgIpc) is 3.20. The first kappa shape index (κ1) is 54.9. The zero-order valence-electron chi connectivity index (χ0n) is 36.6. The Bertz CT molecular complexity index is 1240. The van der Waals surface area contributed by atoms with Gasteiger partial charge in [-0.1, -0.05) is 140 Å². The first-order valence-electron chi connectivity index (χ1n) is 23.0. The fourth-order valence-corrected chi connectivity index (χ4v) is 7.51. The number of esters is 2. The van der Waals surface area contributed by atoms with E-state index in [0.717, 1.165) is 77.0 Å². The second-order valence-corrected chi connectivity index (χ2v) is 17.6. The summed E-state index contributed by atoms with van der Waals surface area (Å²) in [6, 6.07) is 0. The van der Waals surface area contributed by atoms with Crippen LogP contribution < -0.4 is 0 Å². The number of carbonyl (C=O) groups is 2. The molecule has 0 bridgehead atoms. The third-order valence-electron chi connectivity index (χ3n) is 10.4. The molecule has 0 aromatic carbocycles. The molecular formula is C46H82O12S. The maximum absolute atomic E-state index is 12.8. The van der Waals surface area contributed by atoms with Crippen LogP contribution in [-0.4, -0.2) is 96.0 Å². The van der Waals surface area contributed by atoms with Crippen molar-refractivity contribution in [3.05, 3.63) is 36.5 Å². The highest BCUT2D eigenvalue weighted by molar-refractivity contribution is 7.85. The quantitative estimate of drug-likeness (QED) is 0.0200. The predicted octanol–water partition coefficient (Wildman–Crippen LogP) is 9.39. The van der Waals surface area contributed by atoms with Gasteiger partial charge in [0.1, 0.15) is 36.8 Å². The lowest BCUT2D eigenvalue weighted by Gasteiger charge is -2.40. The Hall–Kier alpha value is -2.13. The molecule has 1 rings (SSSR count). The zero-order valence-corrected chi connectivity index (χ0v) is 37.4. The standard InChI is InChI=1S/C46H82O12S/c1-3-5-7-9-11-13-15-17-19-20-21-23-24-26-28-30-32-34-41(47)55-36-39(37-56-46-45(51)44(50)43(49)40(58-46)38-59(52,53)54)57-42(48)35-33-31-29-27-25-22-18-16-14-12-10-8-6-4-2/h11,13,16-19,39-40,43-46,49-51H,3-10,12,14-15,20-38H2,1-2H3,(H,52,53,54)/b13-11+,18-16+,19-17+/t39-,40-,43-,44?,45?,46+/m1/s1. The van der Waals surface area contributed by atoms with Gasteiger partial charge in [0.15, 0.2) is 12.4 Å². The molecular weight excluding hydrogens is 777 g/mol. The lowest BCUT2D eigenvalue weighted by molar-refractivity contribution is -0.297. The van der Waals surface area contributed by atoms with Crippen LogP contribution in [0.2, 0.25) is 0 Å². The third-order valence-corrected chi connectivity index (χ3v) is 11.2. The van der Waals surface area contributed by atoms with Gasteiger partial charge in [-0.25, -0.2) is 0 Å². The Morgan fingerprint density at radius 2 is 1.02 bits per heavy atom. The van der Waals surface area contributed by atoms with Crippen LogP contribution >= 0.6 is 0 Å². The van der Waals surface area contributed by atoms with Gasteiger partial charge in [0, 0.05) is 12.8 Å². The summed E-state index contributed by atoms with van der Waals surface area (Å²) in [6.45, 7) is 3.71. The van der Waals surface area contributed by atoms with Gasteiger partial charge >= 0.3 is 11.9 Å². The molecule has 0 spiro atoms. The third kappa shape index (κ3) is 31.4. The molecule has 0 aliphatic carbocycles. The van der Waals surface area contributed by atoms with Crippen LogP contribution in [0.4, 0.5) is 0 Å². The van der Waals surface area contributed by atoms with Crippen molar-refractivity contribution in [2.24, 2.45) is 0 Å². The summed E-state index contributed by atoms with van der Waals surface area (Å²) in [6.07, 6.45) is 31.8. The molecule has 1 aliphatic heterocycles. The minimum absolute atomic E-state index is 0.153. The number of aliphatic hydroxyl groups is 3. The van der Waals surface area contributed by atoms with Gasteiger partial charge in [-0.15, -0.1) is 0 Å². The molecule has 1 aliphatic rings. The summed E-state index contributed by atoms with van der Waals surface area (Å²) in [5.41, 5.74) is 0. The van der Waals surface area contributed by atoms with Crippen molar-refractivity contribution >= 4 is 22.1 Å². The summed E-state index contributed by atoms with van der Waals surface area (Å²) in [5.74, 6) is -2.00. The SMILES string of the molecule is CCCCC/C=C/C/C=C/CCCCCCCCCC(=O)OC[C@H](CO[C@H]1O[C@H](CS(=O)(=O)O)[C@@H](O)C(O)C1O)OC(=O)CCCCCCC/C=C/CCCCCCC. The molecule has 1 fully saturated rings. The highest BCUT2D eigenvalue weighted by Crippen LogP contribution is 2.24. The van der Waals surface area contributed by atoms with Crippen LogP contribution in [0.3, 0.4) is 0 Å². The van der Waals surface area contributed by atoms with Gasteiger partial charge in [-0.05, 0) is 70.6 Å². The molecule has 59 heavy (non-hydrogen) atoms. The monoisotopic (exact) mass is 859 g/mol. The highest BCUT2D eigenvalue weighted by Gasteiger charge is 2.46. The van der Waals surface area contributed by atoms with Gasteiger partial charge in [-0.3, -0.25) is 14.1 Å². The molecule has 4 N–H and O–H groups in total. The zero-order chi connectivity index (χ0) is 43.4. The number of carbonyl (C=O) groups excluding carboxylic acids is 2. The Balaban J connectivity index is 2.44. The number of hydrogen-bond donors (Lipinski definition) is 4. The predicted molar refractivity (Wildman–Crippen MR) is 233 cm³/mol. The van der Waals surface area contributed by atoms with E-state index in [2.05, 4.69) is 50.3 Å². The number of hydrogen-bond acceptors (Lipinski definition) is 11. The summed E-state index contributed by atoms with van der Waals surface area (Å²) in [4.78, 5) is 25.4. The fourth-order valence-electron chi connectivity index (χ4n) is 6.82. The largest absolute Gasteiger partial charge is 0.462 e. The number of unbranched alkanes of at least 4 members (excludes halogenated alkanes) is 20. The molecule has 344 valence electrons. The molecule has 0 radical (unpaired) electrons. The molecule has 1 heterocycles. The summed E-state index contributed by atoms with van der Waals surface area (Å²) >= 11 is 0. The Morgan fingerprint density at radius 3 is 1.54 bits per heavy atom. The van der Waals surface area contributed by atoms with E-state index < -0.39 is 71.2 Å². The summed E-state index contributed by atoms with van der Waals surface area (Å²) < 4.78 is 54.0. The lowest BCUT2D eigenvalue weighted by Crippen LogP contribution is -2.60. The van der Waals surface area contributed by atoms with Gasteiger partial charge < -0.3 is 34.3 Å². The van der Waals surface area contributed by atoms with Gasteiger partial charge in [-0.2, -0.15) is 8.42 Å². The van der Waals surface area contributed by atoms with Gasteiger partial charge in [0.2, 0.25) is 0 Å². The van der Waals surface area contributed by atoms with Crippen LogP contribution in [-0.2, 0) is 38.7 Å². The van der Waals surface area contributed by atoms with E-state index in [-0.39, 0.29) is 19.4 Å². The van der Waals surface area contributed by atoms with E-state index in [1.807, 2.05) is 0 Å². The van der Waals surface area contributed by atoms with Crippen LogP contribution in [0, 0.1) is 0 Å². The van der Waals surface area contributed by atoms with Crippen molar-refractivity contribution in [3.8, 4) is 0 Å². The molecule has 1 saturated heterocycles. The molecule has 2 unspecified atom stereocenters. The first-order valence-corrected chi connectivity index (χ1v) is 24.7. The molecule has 0 aromatic heterocycles. The van der Waals surface area contributed by atoms with Crippen molar-refractivity contribution in [1.82, 2.24) is 0 Å². The fraction of sp³-hybridized carbons (Fsp3) is 0.826. The van der Waals surface area contributed by atoms with E-state index in [0.29, 0.717) is 12.8 Å². The van der Waals surface area contributed by atoms with E-state index in [4.69, 9.17) is 18.9 Å². The normalized spacial score (nSPS) is 20.5. The number of allylic oxidation sites excluding steroid dienone is 6. The smallest absolute Gasteiger partial charge is 0.306 e. The summed E-state index contributed by atoms with van der Waals surface area (Å²) in [7, 11) is -4.60. The Labute approximate surface area is 357 Å². The topological polar surface area (TPSA) is 186 Å². The van der Waals surface area contributed by atoms with Crippen molar-refractivity contribution in [2.75, 3.05) is 19.0 Å². The second-order valence-electron chi connectivity index (χ2n) is 16.1. The Morgan fingerprint density at radius 1 is 0.576 bits per heavy atom. The van der Waals surface area contributed by atoms with Crippen molar-refractivity contribution in [1.29, 1.82) is 0 Å². The van der Waals surface area contributed by atoms with Crippen LogP contribution in [0.15, 0.2) is 36.5 Å². The van der Waals surface area contributed by atoms with Crippen molar-refractivity contribution in [3.63, 3.8) is 0 Å². The van der Waals surface area contributed by atoms with Crippen LogP contribution in [0.1, 0.15) is 187 Å². The minimum atomic E-state index is -4.60. The van der Waals surface area contributed by atoms with Crippen molar-refractivity contribution in [2.45, 2.75) is 224 Å². The van der Waals surface area contributed by atoms with Gasteiger partial charge in [0.25, 0.3) is 10.1 Å². The molecule has 0 aromatic rings. The minimum Gasteiger partial charge on any atom is -0.462 e. The first-order chi connectivity index (χ1) is 28.5. The molecule has 12 nitrogen and oxygen atoms in total. The molecule has 0 saturated carbocycles. The summed E-state index contributed by atoms with van der Waals surface area (Å²) in [5, 5.41) is 30.9. The van der Waals surface area contributed by atoms with E-state index in [9.17, 15) is 37.9 Å². The van der Waals surface area contributed by atoms with E-state index in [1.165, 1.54) is 70.6 Å². The van der Waals surface area contributed by atoms with Crippen LogP contribution in [0.5, 0.6) is 0 Å². The van der Waals surface area contributed by atoms with Gasteiger partial charge in [0.05, 0.1) is 6.61 Å². The molecule has 13 heteroatoms. The molecule has 6 atom stereocenters. The number of aliphatic hydroxyl groups excluding tert-OH is 3. The maximum Gasteiger partial charge on any atom is 0.306 e. The Kier molecular flexibility index (Phi) is 34.0. The second kappa shape index (κ2) is 36.5. The van der Waals surface area contributed by atoms with E-state index in [1.54, 1.807) is 0 Å². The maximum atomic E-state index is 12.8. The lowest BCUT2D eigenvalue weighted by atomic mass is 10.00. The van der Waals surface area contributed by atoms with Crippen LogP contribution in [0.25, 0.3) is 0 Å². The number of ether oxygens (including phenoxy) is 4. The highest BCUT2D eigenvalue weighted by atomic mass is 32.2.